The highest BCUT2D eigenvalue weighted by Gasteiger charge is 2.42. The average Bonchev–Trinajstić information content (AvgIpc) is 2.01. The van der Waals surface area contributed by atoms with Crippen LogP contribution in [-0.2, 0) is 4.79 Å². The normalized spacial score (nSPS) is 14.9. The van der Waals surface area contributed by atoms with E-state index in [9.17, 15) is 13.6 Å². The Hall–Kier alpha value is -0.550. The molecule has 1 atom stereocenters. The molecule has 1 unspecified atom stereocenters. The summed E-state index contributed by atoms with van der Waals surface area (Å²) in [5, 5.41) is 8.84. The van der Waals surface area contributed by atoms with Crippen molar-refractivity contribution >= 4 is 5.78 Å². The monoisotopic (exact) mass is 181 g/mol. The molecule has 0 aliphatic rings. The average molecular weight is 181 g/mol. The van der Waals surface area contributed by atoms with E-state index >= 15 is 0 Å². The summed E-state index contributed by atoms with van der Waals surface area (Å²) < 4.78 is 25.1. The topological polar surface area (TPSA) is 63.3 Å². The first-order valence-electron chi connectivity index (χ1n) is 3.62. The number of aliphatic hydroxyl groups excluding tert-OH is 1. The predicted molar refractivity (Wildman–Crippen MR) is 39.9 cm³/mol. The van der Waals surface area contributed by atoms with Gasteiger partial charge in [0.2, 0.25) is 0 Å². The van der Waals surface area contributed by atoms with Gasteiger partial charge in [0.25, 0.3) is 5.92 Å². The maximum absolute atomic E-state index is 12.6. The number of alkyl halides is 2. The molecule has 0 aromatic carbocycles. The lowest BCUT2D eigenvalue weighted by atomic mass is 9.99. The second kappa shape index (κ2) is 3.91. The number of Topliss-reactive ketones (excluding diaryl/α,β-unsaturated/α-hetero) is 1. The fraction of sp³-hybridized carbons (Fsp3) is 0.857. The number of halogens is 2. The lowest BCUT2D eigenvalue weighted by Crippen LogP contribution is -2.46. The summed E-state index contributed by atoms with van der Waals surface area (Å²) in [6, 6.07) is 0. The largest absolute Gasteiger partial charge is 0.379 e. The van der Waals surface area contributed by atoms with E-state index in [4.69, 9.17) is 5.11 Å². The first kappa shape index (κ1) is 11.4. The van der Waals surface area contributed by atoms with Crippen LogP contribution in [-0.4, -0.2) is 29.5 Å². The molecule has 0 aliphatic heterocycles. The van der Waals surface area contributed by atoms with E-state index in [1.54, 1.807) is 0 Å². The van der Waals surface area contributed by atoms with Gasteiger partial charge in [-0.25, -0.2) is 8.78 Å². The Morgan fingerprint density at radius 2 is 2.00 bits per heavy atom. The van der Waals surface area contributed by atoms with E-state index in [2.05, 4.69) is 5.73 Å². The molecule has 0 aliphatic carbocycles. The molecule has 5 heteroatoms. The van der Waals surface area contributed by atoms with Gasteiger partial charge in [-0.15, -0.1) is 0 Å². The zero-order chi connectivity index (χ0) is 9.94. The molecule has 0 aromatic rings. The van der Waals surface area contributed by atoms with Crippen LogP contribution in [0.1, 0.15) is 13.8 Å². The Morgan fingerprint density at radius 1 is 1.58 bits per heavy atom. The number of aliphatic hydroxyl groups is 1. The maximum atomic E-state index is 12.6. The van der Waals surface area contributed by atoms with Gasteiger partial charge in [-0.1, -0.05) is 13.8 Å². The van der Waals surface area contributed by atoms with Gasteiger partial charge in [0.05, 0.1) is 6.54 Å². The second-order valence-corrected chi connectivity index (χ2v) is 2.92. The van der Waals surface area contributed by atoms with Crippen LogP contribution in [0.3, 0.4) is 0 Å². The van der Waals surface area contributed by atoms with Crippen LogP contribution in [0.4, 0.5) is 8.78 Å². The van der Waals surface area contributed by atoms with Crippen LogP contribution in [0.5, 0.6) is 0 Å². The van der Waals surface area contributed by atoms with Crippen molar-refractivity contribution in [2.75, 3.05) is 6.54 Å². The van der Waals surface area contributed by atoms with Gasteiger partial charge in [-0.2, -0.15) is 0 Å². The Balaban J connectivity index is 4.38. The standard InChI is InChI=1S/C7H13F2NO2/c1-4(2)5(11)6(12)7(8,9)3-10/h4,6,12H,3,10H2,1-2H3. The van der Waals surface area contributed by atoms with Crippen LogP contribution >= 0.6 is 0 Å². The molecule has 0 rings (SSSR count). The first-order valence-corrected chi connectivity index (χ1v) is 3.62. The van der Waals surface area contributed by atoms with Gasteiger partial charge in [0.1, 0.15) is 0 Å². The minimum atomic E-state index is -3.51. The lowest BCUT2D eigenvalue weighted by Gasteiger charge is -2.20. The van der Waals surface area contributed by atoms with Gasteiger partial charge < -0.3 is 10.8 Å². The summed E-state index contributed by atoms with van der Waals surface area (Å²) in [7, 11) is 0. The molecule has 3 N–H and O–H groups in total. The molecule has 0 bridgehead atoms. The molecule has 0 radical (unpaired) electrons. The smallest absolute Gasteiger partial charge is 0.292 e. The van der Waals surface area contributed by atoms with Crippen molar-refractivity contribution in [1.82, 2.24) is 0 Å². The third kappa shape index (κ3) is 2.49. The van der Waals surface area contributed by atoms with Crippen molar-refractivity contribution in [3.63, 3.8) is 0 Å². The predicted octanol–water partition coefficient (Wildman–Crippen LogP) is 0.166. The minimum absolute atomic E-state index is 0.613. The van der Waals surface area contributed by atoms with Crippen molar-refractivity contribution < 1.29 is 18.7 Å². The highest BCUT2D eigenvalue weighted by molar-refractivity contribution is 5.85. The van der Waals surface area contributed by atoms with E-state index in [1.165, 1.54) is 13.8 Å². The number of ketones is 1. The molecule has 0 spiro atoms. The van der Waals surface area contributed by atoms with E-state index in [-0.39, 0.29) is 0 Å². The molecule has 12 heavy (non-hydrogen) atoms. The Morgan fingerprint density at radius 3 is 2.25 bits per heavy atom. The molecule has 0 heterocycles. The van der Waals surface area contributed by atoms with Crippen LogP contribution in [0.15, 0.2) is 0 Å². The summed E-state index contributed by atoms with van der Waals surface area (Å²) in [4.78, 5) is 10.9. The zero-order valence-corrected chi connectivity index (χ0v) is 7.05. The third-order valence-electron chi connectivity index (χ3n) is 1.51. The summed E-state index contributed by atoms with van der Waals surface area (Å²) in [6.45, 7) is 1.86. The molecular formula is C7H13F2NO2. The van der Waals surface area contributed by atoms with Crippen LogP contribution in [0.2, 0.25) is 0 Å². The highest BCUT2D eigenvalue weighted by Crippen LogP contribution is 2.19. The Kier molecular flexibility index (Phi) is 3.73. The quantitative estimate of drug-likeness (QED) is 0.649. The van der Waals surface area contributed by atoms with E-state index in [1.807, 2.05) is 0 Å². The maximum Gasteiger partial charge on any atom is 0.292 e. The number of hydrogen-bond acceptors (Lipinski definition) is 3. The fourth-order valence-electron chi connectivity index (χ4n) is 0.635. The molecule has 3 nitrogen and oxygen atoms in total. The van der Waals surface area contributed by atoms with Crippen LogP contribution in [0, 0.1) is 5.92 Å². The fourth-order valence-corrected chi connectivity index (χ4v) is 0.635. The van der Waals surface area contributed by atoms with Gasteiger partial charge in [-0.05, 0) is 0 Å². The molecule has 0 fully saturated rings. The molecular weight excluding hydrogens is 168 g/mol. The number of rotatable bonds is 4. The SMILES string of the molecule is CC(C)C(=O)C(O)C(F)(F)CN. The first-order chi connectivity index (χ1) is 5.33. The summed E-state index contributed by atoms with van der Waals surface area (Å²) in [5.41, 5.74) is 4.68. The number of hydrogen-bond donors (Lipinski definition) is 2. The molecule has 0 saturated carbocycles. The number of nitrogens with two attached hydrogens (primary N) is 1. The van der Waals surface area contributed by atoms with E-state index in [0.717, 1.165) is 0 Å². The van der Waals surface area contributed by atoms with Gasteiger partial charge in [-0.3, -0.25) is 4.79 Å². The molecule has 0 aromatic heterocycles. The summed E-state index contributed by atoms with van der Waals surface area (Å²) in [6.07, 6.45) is -2.28. The Labute approximate surface area is 69.6 Å². The van der Waals surface area contributed by atoms with E-state index < -0.39 is 30.3 Å². The van der Waals surface area contributed by atoms with Crippen molar-refractivity contribution in [1.29, 1.82) is 0 Å². The van der Waals surface area contributed by atoms with Crippen LogP contribution in [0.25, 0.3) is 0 Å². The molecule has 72 valence electrons. The third-order valence-corrected chi connectivity index (χ3v) is 1.51. The van der Waals surface area contributed by atoms with Gasteiger partial charge in [0.15, 0.2) is 11.9 Å². The second-order valence-electron chi connectivity index (χ2n) is 2.92. The van der Waals surface area contributed by atoms with Crippen molar-refractivity contribution in [2.45, 2.75) is 25.9 Å². The van der Waals surface area contributed by atoms with E-state index in [0.29, 0.717) is 0 Å². The van der Waals surface area contributed by atoms with Crippen molar-refractivity contribution in [2.24, 2.45) is 11.7 Å². The highest BCUT2D eigenvalue weighted by atomic mass is 19.3. The summed E-state index contributed by atoms with van der Waals surface area (Å²) >= 11 is 0. The number of carbonyl (C=O) groups is 1. The summed E-state index contributed by atoms with van der Waals surface area (Å²) in [5.74, 6) is -5.01. The minimum Gasteiger partial charge on any atom is -0.379 e. The van der Waals surface area contributed by atoms with Crippen LogP contribution < -0.4 is 5.73 Å². The lowest BCUT2D eigenvalue weighted by molar-refractivity contribution is -0.152. The zero-order valence-electron chi connectivity index (χ0n) is 7.05. The molecule has 0 saturated heterocycles. The number of carbonyl (C=O) groups excluding carboxylic acids is 1. The van der Waals surface area contributed by atoms with Gasteiger partial charge in [0, 0.05) is 5.92 Å². The van der Waals surface area contributed by atoms with Crippen molar-refractivity contribution in [3.8, 4) is 0 Å². The van der Waals surface area contributed by atoms with Gasteiger partial charge >= 0.3 is 0 Å². The molecule has 0 amide bonds. The Bertz CT molecular complexity index is 171. The van der Waals surface area contributed by atoms with Crippen molar-refractivity contribution in [3.05, 3.63) is 0 Å².